The van der Waals surface area contributed by atoms with Crippen molar-refractivity contribution < 1.29 is 9.84 Å². The lowest BCUT2D eigenvalue weighted by Crippen LogP contribution is -2.33. The molecule has 2 nitrogen and oxygen atoms in total. The summed E-state index contributed by atoms with van der Waals surface area (Å²) in [6, 6.07) is 6.33. The largest absolute Gasteiger partial charge is 0.493 e. The maximum absolute atomic E-state index is 11.1. The minimum Gasteiger partial charge on any atom is -0.493 e. The minimum atomic E-state index is -0.606. The van der Waals surface area contributed by atoms with Crippen LogP contribution in [0.15, 0.2) is 18.2 Å². The zero-order chi connectivity index (χ0) is 12.2. The van der Waals surface area contributed by atoms with Gasteiger partial charge in [-0.05, 0) is 55.9 Å². The van der Waals surface area contributed by atoms with E-state index < -0.39 is 5.60 Å². The third kappa shape index (κ3) is 1.38. The van der Waals surface area contributed by atoms with Gasteiger partial charge in [0, 0.05) is 5.56 Å². The molecule has 2 aliphatic carbocycles. The SMILES string of the molecule is OC1(c2cccc3c2OCCC3)CC2CCC1C2. The monoisotopic (exact) mass is 244 g/mol. The summed E-state index contributed by atoms with van der Waals surface area (Å²) in [6.07, 6.45) is 6.83. The molecule has 1 heterocycles. The molecule has 96 valence electrons. The first-order chi connectivity index (χ1) is 8.77. The highest BCUT2D eigenvalue weighted by Crippen LogP contribution is 2.57. The highest BCUT2D eigenvalue weighted by molar-refractivity contribution is 5.47. The number of hydrogen-bond donors (Lipinski definition) is 1. The number of aryl methyl sites for hydroxylation is 1. The maximum atomic E-state index is 11.1. The van der Waals surface area contributed by atoms with Crippen LogP contribution in [0.4, 0.5) is 0 Å². The Kier molecular flexibility index (Phi) is 2.25. The van der Waals surface area contributed by atoms with E-state index in [0.29, 0.717) is 5.92 Å². The van der Waals surface area contributed by atoms with E-state index in [1.54, 1.807) is 0 Å². The molecule has 3 aliphatic rings. The molecule has 0 spiro atoms. The van der Waals surface area contributed by atoms with Crippen LogP contribution in [-0.2, 0) is 12.0 Å². The van der Waals surface area contributed by atoms with Gasteiger partial charge < -0.3 is 9.84 Å². The summed E-state index contributed by atoms with van der Waals surface area (Å²) in [7, 11) is 0. The summed E-state index contributed by atoms with van der Waals surface area (Å²) in [5.41, 5.74) is 1.76. The second kappa shape index (κ2) is 3.74. The van der Waals surface area contributed by atoms with E-state index in [9.17, 15) is 5.11 Å². The highest BCUT2D eigenvalue weighted by Gasteiger charge is 2.52. The fraction of sp³-hybridized carbons (Fsp3) is 0.625. The van der Waals surface area contributed by atoms with Crippen molar-refractivity contribution >= 4 is 0 Å². The number of aliphatic hydroxyl groups is 1. The number of rotatable bonds is 1. The van der Waals surface area contributed by atoms with Gasteiger partial charge in [0.05, 0.1) is 12.2 Å². The van der Waals surface area contributed by atoms with Gasteiger partial charge in [0.1, 0.15) is 5.75 Å². The zero-order valence-corrected chi connectivity index (χ0v) is 10.7. The van der Waals surface area contributed by atoms with Crippen LogP contribution in [0.5, 0.6) is 5.75 Å². The quantitative estimate of drug-likeness (QED) is 0.823. The smallest absolute Gasteiger partial charge is 0.128 e. The number of benzene rings is 1. The second-order valence-corrected chi connectivity index (χ2v) is 6.25. The third-order valence-electron chi connectivity index (χ3n) is 5.22. The summed E-state index contributed by atoms with van der Waals surface area (Å²) in [5.74, 6) is 2.19. The Morgan fingerprint density at radius 2 is 2.22 bits per heavy atom. The van der Waals surface area contributed by atoms with Crippen LogP contribution in [0.2, 0.25) is 0 Å². The first-order valence-corrected chi connectivity index (χ1v) is 7.25. The molecule has 0 radical (unpaired) electrons. The van der Waals surface area contributed by atoms with E-state index in [2.05, 4.69) is 18.2 Å². The molecular weight excluding hydrogens is 224 g/mol. The number of para-hydroxylation sites is 1. The Bertz CT molecular complexity index is 482. The lowest BCUT2D eigenvalue weighted by molar-refractivity contribution is -0.0208. The molecular formula is C16H20O2. The normalized spacial score (nSPS) is 37.4. The molecule has 2 saturated carbocycles. The van der Waals surface area contributed by atoms with Crippen molar-refractivity contribution in [1.82, 2.24) is 0 Å². The molecule has 2 heteroatoms. The molecule has 2 bridgehead atoms. The van der Waals surface area contributed by atoms with Gasteiger partial charge in [-0.2, -0.15) is 0 Å². The fourth-order valence-electron chi connectivity index (χ4n) is 4.36. The molecule has 0 saturated heterocycles. The van der Waals surface area contributed by atoms with Gasteiger partial charge in [0.15, 0.2) is 0 Å². The van der Waals surface area contributed by atoms with Gasteiger partial charge in [-0.25, -0.2) is 0 Å². The van der Waals surface area contributed by atoms with Crippen LogP contribution in [0.3, 0.4) is 0 Å². The Labute approximate surface area is 108 Å². The average Bonchev–Trinajstić information content (AvgIpc) is 2.98. The number of ether oxygens (including phenoxy) is 1. The highest BCUT2D eigenvalue weighted by atomic mass is 16.5. The minimum absolute atomic E-state index is 0.458. The lowest BCUT2D eigenvalue weighted by Gasteiger charge is -2.35. The topological polar surface area (TPSA) is 29.5 Å². The van der Waals surface area contributed by atoms with Crippen molar-refractivity contribution in [1.29, 1.82) is 0 Å². The standard InChI is InChI=1S/C16H20O2/c17-16(10-11-6-7-13(16)9-11)14-5-1-3-12-4-2-8-18-15(12)14/h1,3,5,11,13,17H,2,4,6-10H2. The molecule has 0 amide bonds. The predicted molar refractivity (Wildman–Crippen MR) is 69.6 cm³/mol. The van der Waals surface area contributed by atoms with Gasteiger partial charge >= 0.3 is 0 Å². The average molecular weight is 244 g/mol. The number of hydrogen-bond acceptors (Lipinski definition) is 2. The van der Waals surface area contributed by atoms with Gasteiger partial charge in [0.25, 0.3) is 0 Å². The number of fused-ring (bicyclic) bond motifs is 3. The van der Waals surface area contributed by atoms with Crippen LogP contribution >= 0.6 is 0 Å². The Morgan fingerprint density at radius 3 is 3.00 bits per heavy atom. The van der Waals surface area contributed by atoms with E-state index in [1.807, 2.05) is 0 Å². The van der Waals surface area contributed by atoms with Crippen LogP contribution in [-0.4, -0.2) is 11.7 Å². The first-order valence-electron chi connectivity index (χ1n) is 7.25. The third-order valence-corrected chi connectivity index (χ3v) is 5.22. The Balaban J connectivity index is 1.81. The lowest BCUT2D eigenvalue weighted by atomic mass is 9.77. The van der Waals surface area contributed by atoms with E-state index in [-0.39, 0.29) is 0 Å². The zero-order valence-electron chi connectivity index (χ0n) is 10.7. The molecule has 3 unspecified atom stereocenters. The van der Waals surface area contributed by atoms with Crippen molar-refractivity contribution in [3.8, 4) is 5.75 Å². The second-order valence-electron chi connectivity index (χ2n) is 6.25. The molecule has 0 aromatic heterocycles. The molecule has 2 fully saturated rings. The van der Waals surface area contributed by atoms with Gasteiger partial charge in [0.2, 0.25) is 0 Å². The van der Waals surface area contributed by atoms with Crippen molar-refractivity contribution in [2.75, 3.05) is 6.61 Å². The summed E-state index contributed by atoms with van der Waals surface area (Å²) >= 11 is 0. The summed E-state index contributed by atoms with van der Waals surface area (Å²) < 4.78 is 5.88. The molecule has 1 aromatic rings. The van der Waals surface area contributed by atoms with Crippen LogP contribution in [0.1, 0.15) is 43.2 Å². The van der Waals surface area contributed by atoms with Gasteiger partial charge in [-0.3, -0.25) is 0 Å². The van der Waals surface area contributed by atoms with Gasteiger partial charge in [-0.15, -0.1) is 0 Å². The molecule has 1 aliphatic heterocycles. The van der Waals surface area contributed by atoms with Crippen LogP contribution in [0, 0.1) is 11.8 Å². The molecule has 3 atom stereocenters. The summed E-state index contributed by atoms with van der Waals surface area (Å²) in [6.45, 7) is 0.800. The molecule has 1 aromatic carbocycles. The first kappa shape index (κ1) is 10.9. The van der Waals surface area contributed by atoms with E-state index in [1.165, 1.54) is 24.8 Å². The summed E-state index contributed by atoms with van der Waals surface area (Å²) in [5, 5.41) is 11.1. The van der Waals surface area contributed by atoms with Crippen molar-refractivity contribution in [2.45, 2.75) is 44.1 Å². The van der Waals surface area contributed by atoms with Crippen LogP contribution < -0.4 is 4.74 Å². The molecule has 18 heavy (non-hydrogen) atoms. The van der Waals surface area contributed by atoms with Crippen LogP contribution in [0.25, 0.3) is 0 Å². The van der Waals surface area contributed by atoms with E-state index >= 15 is 0 Å². The maximum Gasteiger partial charge on any atom is 0.128 e. The fourth-order valence-corrected chi connectivity index (χ4v) is 4.36. The van der Waals surface area contributed by atoms with Crippen molar-refractivity contribution in [2.24, 2.45) is 11.8 Å². The molecule has 1 N–H and O–H groups in total. The van der Waals surface area contributed by atoms with E-state index in [4.69, 9.17) is 4.74 Å². The summed E-state index contributed by atoms with van der Waals surface area (Å²) in [4.78, 5) is 0. The van der Waals surface area contributed by atoms with Gasteiger partial charge in [-0.1, -0.05) is 18.2 Å². The predicted octanol–water partition coefficient (Wildman–Crippen LogP) is 3.02. The van der Waals surface area contributed by atoms with Crippen molar-refractivity contribution in [3.05, 3.63) is 29.3 Å². The van der Waals surface area contributed by atoms with Crippen molar-refractivity contribution in [3.63, 3.8) is 0 Å². The van der Waals surface area contributed by atoms with E-state index in [0.717, 1.165) is 43.1 Å². The molecule has 4 rings (SSSR count). The Morgan fingerprint density at radius 1 is 1.28 bits per heavy atom. The Hall–Kier alpha value is -1.02.